The van der Waals surface area contributed by atoms with Gasteiger partial charge in [-0.25, -0.2) is 4.98 Å². The van der Waals surface area contributed by atoms with Crippen molar-refractivity contribution in [2.75, 3.05) is 11.3 Å². The van der Waals surface area contributed by atoms with Gasteiger partial charge < -0.3 is 9.72 Å². The van der Waals surface area contributed by atoms with Crippen LogP contribution in [-0.2, 0) is 16.4 Å². The summed E-state index contributed by atoms with van der Waals surface area (Å²) in [5, 5.41) is 0.0423. The van der Waals surface area contributed by atoms with Crippen molar-refractivity contribution in [1.29, 1.82) is 0 Å². The van der Waals surface area contributed by atoms with Crippen LogP contribution in [0.25, 0.3) is 0 Å². The van der Waals surface area contributed by atoms with Gasteiger partial charge in [-0.1, -0.05) is 19.1 Å². The van der Waals surface area contributed by atoms with Crippen molar-refractivity contribution in [3.8, 4) is 5.75 Å². The number of anilines is 1. The molecule has 2 aromatic rings. The third-order valence-corrected chi connectivity index (χ3v) is 3.94. The fourth-order valence-electron chi connectivity index (χ4n) is 1.69. The van der Waals surface area contributed by atoms with Crippen LogP contribution in [0.2, 0.25) is 0 Å². The molecule has 6 nitrogen and oxygen atoms in total. The van der Waals surface area contributed by atoms with E-state index < -0.39 is 10.0 Å². The number of ether oxygens (including phenoxy) is 1. The molecule has 1 heterocycles. The number of para-hydroxylation sites is 2. The predicted octanol–water partition coefficient (Wildman–Crippen LogP) is 2.17. The summed E-state index contributed by atoms with van der Waals surface area (Å²) >= 11 is 0. The van der Waals surface area contributed by atoms with E-state index in [0.717, 1.165) is 0 Å². The van der Waals surface area contributed by atoms with E-state index >= 15 is 0 Å². The zero-order chi connectivity index (χ0) is 14.6. The van der Waals surface area contributed by atoms with Crippen LogP contribution in [0.5, 0.6) is 5.75 Å². The van der Waals surface area contributed by atoms with Gasteiger partial charge in [-0.3, -0.25) is 4.72 Å². The zero-order valence-corrected chi connectivity index (χ0v) is 12.2. The first kappa shape index (κ1) is 14.4. The fraction of sp³-hybridized carbons (Fsp3) is 0.308. The van der Waals surface area contributed by atoms with Crippen molar-refractivity contribution in [2.45, 2.75) is 25.3 Å². The minimum Gasteiger partial charge on any atom is -0.492 e. The fourth-order valence-corrected chi connectivity index (χ4v) is 2.70. The largest absolute Gasteiger partial charge is 0.492 e. The molecular weight excluding hydrogens is 278 g/mol. The van der Waals surface area contributed by atoms with Crippen LogP contribution >= 0.6 is 0 Å². The van der Waals surface area contributed by atoms with Gasteiger partial charge >= 0.3 is 0 Å². The first-order valence-corrected chi connectivity index (χ1v) is 7.83. The number of aromatic amines is 1. The van der Waals surface area contributed by atoms with Gasteiger partial charge in [0.15, 0.2) is 5.03 Å². The van der Waals surface area contributed by atoms with Crippen LogP contribution in [-0.4, -0.2) is 25.0 Å². The summed E-state index contributed by atoms with van der Waals surface area (Å²) in [5.74, 6) is 1.12. The molecule has 7 heteroatoms. The van der Waals surface area contributed by atoms with Gasteiger partial charge in [-0.05, 0) is 19.1 Å². The Bertz CT molecular complexity index is 680. The van der Waals surface area contributed by atoms with E-state index in [1.165, 1.54) is 6.20 Å². The Morgan fingerprint density at radius 1 is 1.30 bits per heavy atom. The van der Waals surface area contributed by atoms with E-state index in [9.17, 15) is 8.42 Å². The molecule has 0 aliphatic carbocycles. The van der Waals surface area contributed by atoms with Crippen molar-refractivity contribution in [3.63, 3.8) is 0 Å². The minimum absolute atomic E-state index is 0.0423. The molecule has 0 radical (unpaired) electrons. The molecule has 1 aromatic heterocycles. The van der Waals surface area contributed by atoms with Gasteiger partial charge in [0, 0.05) is 6.42 Å². The highest BCUT2D eigenvalue weighted by Gasteiger charge is 2.18. The van der Waals surface area contributed by atoms with Crippen molar-refractivity contribution >= 4 is 15.7 Å². The van der Waals surface area contributed by atoms with Crippen LogP contribution in [0.1, 0.15) is 19.7 Å². The van der Waals surface area contributed by atoms with Crippen LogP contribution in [0.3, 0.4) is 0 Å². The van der Waals surface area contributed by atoms with Crippen molar-refractivity contribution in [1.82, 2.24) is 9.97 Å². The average Bonchev–Trinajstić information content (AvgIpc) is 2.91. The quantitative estimate of drug-likeness (QED) is 0.855. The number of rotatable bonds is 6. The summed E-state index contributed by atoms with van der Waals surface area (Å²) in [6, 6.07) is 6.89. The summed E-state index contributed by atoms with van der Waals surface area (Å²) in [5.41, 5.74) is 0.405. The van der Waals surface area contributed by atoms with Crippen LogP contribution < -0.4 is 9.46 Å². The molecule has 0 unspecified atom stereocenters. The molecule has 2 rings (SSSR count). The number of aryl methyl sites for hydroxylation is 1. The van der Waals surface area contributed by atoms with Crippen LogP contribution in [0.15, 0.2) is 35.5 Å². The highest BCUT2D eigenvalue weighted by Crippen LogP contribution is 2.26. The lowest BCUT2D eigenvalue weighted by Crippen LogP contribution is -2.14. The number of imidazole rings is 1. The van der Waals surface area contributed by atoms with Crippen LogP contribution in [0.4, 0.5) is 5.69 Å². The first-order chi connectivity index (χ1) is 9.56. The smallest absolute Gasteiger partial charge is 0.279 e. The normalized spacial score (nSPS) is 11.3. The maximum absolute atomic E-state index is 12.2. The lowest BCUT2D eigenvalue weighted by Gasteiger charge is -2.11. The summed E-state index contributed by atoms with van der Waals surface area (Å²) in [6.45, 7) is 4.20. The molecule has 0 spiro atoms. The Labute approximate surface area is 118 Å². The molecule has 0 saturated heterocycles. The number of nitrogens with one attached hydrogen (secondary N) is 2. The lowest BCUT2D eigenvalue weighted by atomic mass is 10.3. The number of nitrogens with zero attached hydrogens (tertiary/aromatic N) is 1. The van der Waals surface area contributed by atoms with Gasteiger partial charge in [0.25, 0.3) is 10.0 Å². The number of hydrogen-bond acceptors (Lipinski definition) is 4. The molecule has 0 saturated carbocycles. The topological polar surface area (TPSA) is 84.1 Å². The molecule has 108 valence electrons. The average molecular weight is 295 g/mol. The van der Waals surface area contributed by atoms with E-state index in [1.54, 1.807) is 24.3 Å². The van der Waals surface area contributed by atoms with Gasteiger partial charge in [0.05, 0.1) is 18.5 Å². The molecule has 2 N–H and O–H groups in total. The highest BCUT2D eigenvalue weighted by molar-refractivity contribution is 7.92. The highest BCUT2D eigenvalue weighted by atomic mass is 32.2. The Balaban J connectivity index is 2.28. The number of H-pyrrole nitrogens is 1. The summed E-state index contributed by atoms with van der Waals surface area (Å²) in [4.78, 5) is 6.77. The molecule has 1 aromatic carbocycles. The third kappa shape index (κ3) is 3.11. The van der Waals surface area contributed by atoms with Gasteiger partial charge in [0.2, 0.25) is 0 Å². The van der Waals surface area contributed by atoms with Crippen molar-refractivity contribution < 1.29 is 13.2 Å². The monoisotopic (exact) mass is 295 g/mol. The second-order valence-corrected chi connectivity index (χ2v) is 5.73. The van der Waals surface area contributed by atoms with E-state index in [-0.39, 0.29) is 5.03 Å². The standard InChI is InChI=1S/C13H17N3O3S/c1-3-12-14-9-13(15-12)20(17,18)16-10-7-5-6-8-11(10)19-4-2/h5-9,16H,3-4H2,1-2H3,(H,14,15). The van der Waals surface area contributed by atoms with Gasteiger partial charge in [0.1, 0.15) is 11.6 Å². The lowest BCUT2D eigenvalue weighted by molar-refractivity contribution is 0.342. The zero-order valence-electron chi connectivity index (χ0n) is 11.4. The maximum Gasteiger partial charge on any atom is 0.279 e. The SMILES string of the molecule is CCOc1ccccc1NS(=O)(=O)c1cnc(CC)[nH]1. The van der Waals surface area contributed by atoms with E-state index in [4.69, 9.17) is 4.74 Å². The molecule has 0 aliphatic rings. The minimum atomic E-state index is -3.69. The summed E-state index contributed by atoms with van der Waals surface area (Å²) < 4.78 is 32.4. The number of aromatic nitrogens is 2. The van der Waals surface area contributed by atoms with E-state index in [1.807, 2.05) is 13.8 Å². The van der Waals surface area contributed by atoms with E-state index in [2.05, 4.69) is 14.7 Å². The Kier molecular flexibility index (Phi) is 4.29. The van der Waals surface area contributed by atoms with E-state index in [0.29, 0.717) is 30.3 Å². The predicted molar refractivity (Wildman–Crippen MR) is 76.4 cm³/mol. The number of sulfonamides is 1. The second-order valence-electron chi connectivity index (χ2n) is 4.08. The molecular formula is C13H17N3O3S. The second kappa shape index (κ2) is 5.96. The molecule has 0 bridgehead atoms. The maximum atomic E-state index is 12.2. The van der Waals surface area contributed by atoms with Gasteiger partial charge in [-0.15, -0.1) is 0 Å². The van der Waals surface area contributed by atoms with Crippen molar-refractivity contribution in [2.24, 2.45) is 0 Å². The van der Waals surface area contributed by atoms with Crippen LogP contribution in [0, 0.1) is 0 Å². The first-order valence-electron chi connectivity index (χ1n) is 6.35. The Morgan fingerprint density at radius 3 is 2.70 bits per heavy atom. The number of benzene rings is 1. The summed E-state index contributed by atoms with van der Waals surface area (Å²) in [6.07, 6.45) is 1.95. The third-order valence-electron chi connectivity index (χ3n) is 2.66. The van der Waals surface area contributed by atoms with Crippen molar-refractivity contribution in [3.05, 3.63) is 36.3 Å². The molecule has 0 atom stereocenters. The molecule has 0 aliphatic heterocycles. The Hall–Kier alpha value is -2.02. The molecule has 0 fully saturated rings. The van der Waals surface area contributed by atoms with Gasteiger partial charge in [-0.2, -0.15) is 8.42 Å². The molecule has 20 heavy (non-hydrogen) atoms. The Morgan fingerprint density at radius 2 is 2.05 bits per heavy atom. The summed E-state index contributed by atoms with van der Waals surface area (Å²) in [7, 11) is -3.69. The number of hydrogen-bond donors (Lipinski definition) is 2. The molecule has 0 amide bonds.